The number of hydrogen-bond acceptors (Lipinski definition) is 3. The number of aryl methyl sites for hydroxylation is 2. The van der Waals surface area contributed by atoms with Crippen LogP contribution in [0.4, 0.5) is 0 Å². The van der Waals surface area contributed by atoms with Crippen LogP contribution in [-0.2, 0) is 13.0 Å². The van der Waals surface area contributed by atoms with Gasteiger partial charge in [0, 0.05) is 6.54 Å². The first-order valence-electron chi connectivity index (χ1n) is 7.18. The van der Waals surface area contributed by atoms with E-state index in [4.69, 9.17) is 5.84 Å². The Bertz CT molecular complexity index is 346. The highest BCUT2D eigenvalue weighted by atomic mass is 15.3. The molecule has 0 aliphatic carbocycles. The maximum absolute atomic E-state index is 5.73. The lowest BCUT2D eigenvalue weighted by Gasteiger charge is -2.20. The molecule has 2 atom stereocenters. The zero-order valence-electron chi connectivity index (χ0n) is 12.2. The molecule has 18 heavy (non-hydrogen) atoms. The SMILES string of the molecule is CCCC(C)CC(NN)c1cc(CC)nn1CC. The fourth-order valence-electron chi connectivity index (χ4n) is 2.48. The Morgan fingerprint density at radius 1 is 1.39 bits per heavy atom. The van der Waals surface area contributed by atoms with E-state index in [1.54, 1.807) is 0 Å². The van der Waals surface area contributed by atoms with Crippen molar-refractivity contribution in [2.45, 2.75) is 66.0 Å². The Hall–Kier alpha value is -0.870. The number of nitrogens with zero attached hydrogens (tertiary/aromatic N) is 2. The van der Waals surface area contributed by atoms with Crippen LogP contribution in [-0.4, -0.2) is 9.78 Å². The molecule has 1 aromatic heterocycles. The summed E-state index contributed by atoms with van der Waals surface area (Å²) < 4.78 is 2.07. The molecule has 0 bridgehead atoms. The first kappa shape index (κ1) is 15.2. The topological polar surface area (TPSA) is 55.9 Å². The second-order valence-corrected chi connectivity index (χ2v) is 5.08. The van der Waals surface area contributed by atoms with E-state index in [0.717, 1.165) is 25.1 Å². The maximum Gasteiger partial charge on any atom is 0.0631 e. The predicted molar refractivity (Wildman–Crippen MR) is 76.0 cm³/mol. The van der Waals surface area contributed by atoms with E-state index in [2.05, 4.69) is 49.0 Å². The monoisotopic (exact) mass is 252 g/mol. The summed E-state index contributed by atoms with van der Waals surface area (Å²) in [6, 6.07) is 2.39. The molecule has 1 heterocycles. The number of hydrazine groups is 1. The molecule has 0 fully saturated rings. The van der Waals surface area contributed by atoms with Crippen LogP contribution in [0.3, 0.4) is 0 Å². The van der Waals surface area contributed by atoms with Gasteiger partial charge in [0.05, 0.1) is 17.4 Å². The van der Waals surface area contributed by atoms with E-state index >= 15 is 0 Å². The molecule has 1 aromatic rings. The molecule has 4 nitrogen and oxygen atoms in total. The molecule has 104 valence electrons. The summed E-state index contributed by atoms with van der Waals surface area (Å²) >= 11 is 0. The van der Waals surface area contributed by atoms with Gasteiger partial charge in [0.2, 0.25) is 0 Å². The molecule has 0 aromatic carbocycles. The van der Waals surface area contributed by atoms with E-state index in [0.29, 0.717) is 5.92 Å². The van der Waals surface area contributed by atoms with Crippen molar-refractivity contribution in [3.8, 4) is 0 Å². The fraction of sp³-hybridized carbons (Fsp3) is 0.786. The summed E-state index contributed by atoms with van der Waals surface area (Å²) in [5.74, 6) is 6.41. The van der Waals surface area contributed by atoms with Crippen molar-refractivity contribution in [2.24, 2.45) is 11.8 Å². The molecule has 4 heteroatoms. The van der Waals surface area contributed by atoms with Gasteiger partial charge >= 0.3 is 0 Å². The van der Waals surface area contributed by atoms with Crippen LogP contribution < -0.4 is 11.3 Å². The third-order valence-electron chi connectivity index (χ3n) is 3.50. The predicted octanol–water partition coefficient (Wildman–Crippen LogP) is 2.80. The summed E-state index contributed by atoms with van der Waals surface area (Å²) in [7, 11) is 0. The standard InChI is InChI=1S/C14H28N4/c1-5-8-11(4)9-13(16-15)14-10-12(6-2)17-18(14)7-3/h10-11,13,16H,5-9,15H2,1-4H3. The van der Waals surface area contributed by atoms with Crippen LogP contribution in [0.5, 0.6) is 0 Å². The summed E-state index contributed by atoms with van der Waals surface area (Å²) in [5.41, 5.74) is 5.33. The molecule has 3 N–H and O–H groups in total. The molecule has 2 unspecified atom stereocenters. The van der Waals surface area contributed by atoms with Crippen molar-refractivity contribution >= 4 is 0 Å². The molecule has 0 radical (unpaired) electrons. The Morgan fingerprint density at radius 2 is 2.11 bits per heavy atom. The zero-order valence-corrected chi connectivity index (χ0v) is 12.2. The van der Waals surface area contributed by atoms with Gasteiger partial charge in [-0.05, 0) is 31.7 Å². The van der Waals surface area contributed by atoms with Crippen molar-refractivity contribution < 1.29 is 0 Å². The smallest absolute Gasteiger partial charge is 0.0631 e. The molecular weight excluding hydrogens is 224 g/mol. The number of nitrogens with one attached hydrogen (secondary N) is 1. The van der Waals surface area contributed by atoms with Gasteiger partial charge in [-0.25, -0.2) is 0 Å². The van der Waals surface area contributed by atoms with E-state index < -0.39 is 0 Å². The quantitative estimate of drug-likeness (QED) is 0.552. The Labute approximate surface area is 111 Å². The van der Waals surface area contributed by atoms with Crippen molar-refractivity contribution in [1.82, 2.24) is 15.2 Å². The third-order valence-corrected chi connectivity index (χ3v) is 3.50. The number of hydrogen-bond donors (Lipinski definition) is 2. The number of nitrogens with two attached hydrogens (primary N) is 1. The minimum absolute atomic E-state index is 0.208. The van der Waals surface area contributed by atoms with Gasteiger partial charge in [0.1, 0.15) is 0 Å². The lowest BCUT2D eigenvalue weighted by Crippen LogP contribution is -2.31. The summed E-state index contributed by atoms with van der Waals surface area (Å²) in [4.78, 5) is 0. The molecule has 0 amide bonds. The summed E-state index contributed by atoms with van der Waals surface area (Å²) in [5, 5.41) is 4.59. The van der Waals surface area contributed by atoms with Crippen LogP contribution in [0.1, 0.15) is 64.4 Å². The summed E-state index contributed by atoms with van der Waals surface area (Å²) in [6.45, 7) is 9.68. The van der Waals surface area contributed by atoms with E-state index in [1.807, 2.05) is 0 Å². The van der Waals surface area contributed by atoms with Crippen LogP contribution in [0.2, 0.25) is 0 Å². The molecule has 0 saturated heterocycles. The minimum Gasteiger partial charge on any atom is -0.271 e. The highest BCUT2D eigenvalue weighted by Crippen LogP contribution is 2.24. The molecule has 0 aliphatic heterocycles. The highest BCUT2D eigenvalue weighted by Gasteiger charge is 2.18. The lowest BCUT2D eigenvalue weighted by atomic mass is 9.95. The normalized spacial score (nSPS) is 14.7. The first-order chi connectivity index (χ1) is 8.65. The van der Waals surface area contributed by atoms with Gasteiger partial charge in [-0.1, -0.05) is 33.6 Å². The van der Waals surface area contributed by atoms with Crippen molar-refractivity contribution in [3.05, 3.63) is 17.5 Å². The molecule has 0 aliphatic rings. The second-order valence-electron chi connectivity index (χ2n) is 5.08. The maximum atomic E-state index is 5.73. The number of aromatic nitrogens is 2. The minimum atomic E-state index is 0.208. The van der Waals surface area contributed by atoms with Crippen molar-refractivity contribution in [2.75, 3.05) is 0 Å². The van der Waals surface area contributed by atoms with Crippen LogP contribution >= 0.6 is 0 Å². The first-order valence-corrected chi connectivity index (χ1v) is 7.18. The second kappa shape index (κ2) is 7.54. The van der Waals surface area contributed by atoms with Gasteiger partial charge in [-0.15, -0.1) is 0 Å². The van der Waals surface area contributed by atoms with Crippen LogP contribution in [0.15, 0.2) is 6.07 Å². The molecule has 1 rings (SSSR count). The zero-order chi connectivity index (χ0) is 13.5. The van der Waals surface area contributed by atoms with Gasteiger partial charge in [0.15, 0.2) is 0 Å². The average molecular weight is 252 g/mol. The summed E-state index contributed by atoms with van der Waals surface area (Å²) in [6.07, 6.45) is 4.52. The van der Waals surface area contributed by atoms with E-state index in [9.17, 15) is 0 Å². The average Bonchev–Trinajstić information content (AvgIpc) is 2.79. The Kier molecular flexibility index (Phi) is 6.36. The van der Waals surface area contributed by atoms with Gasteiger partial charge in [0.25, 0.3) is 0 Å². The molecule has 0 saturated carbocycles. The van der Waals surface area contributed by atoms with E-state index in [1.165, 1.54) is 18.5 Å². The molecule has 0 spiro atoms. The third kappa shape index (κ3) is 3.82. The van der Waals surface area contributed by atoms with Gasteiger partial charge in [-0.3, -0.25) is 16.0 Å². The van der Waals surface area contributed by atoms with Crippen molar-refractivity contribution in [3.63, 3.8) is 0 Å². The molecular formula is C14H28N4. The van der Waals surface area contributed by atoms with Crippen molar-refractivity contribution in [1.29, 1.82) is 0 Å². The van der Waals surface area contributed by atoms with Crippen LogP contribution in [0, 0.1) is 5.92 Å². The Morgan fingerprint density at radius 3 is 2.61 bits per heavy atom. The Balaban J connectivity index is 2.83. The largest absolute Gasteiger partial charge is 0.271 e. The van der Waals surface area contributed by atoms with E-state index in [-0.39, 0.29) is 6.04 Å². The fourth-order valence-corrected chi connectivity index (χ4v) is 2.48. The number of rotatable bonds is 8. The highest BCUT2D eigenvalue weighted by molar-refractivity contribution is 5.14. The lowest BCUT2D eigenvalue weighted by molar-refractivity contribution is 0.376. The van der Waals surface area contributed by atoms with Gasteiger partial charge < -0.3 is 0 Å². The van der Waals surface area contributed by atoms with Crippen LogP contribution in [0.25, 0.3) is 0 Å². The van der Waals surface area contributed by atoms with Gasteiger partial charge in [-0.2, -0.15) is 5.10 Å².